The van der Waals surface area contributed by atoms with Crippen LogP contribution in [0.15, 0.2) is 30.7 Å². The fraction of sp³-hybridized carbons (Fsp3) is 0.400. The topological polar surface area (TPSA) is 107 Å². The van der Waals surface area contributed by atoms with Crippen molar-refractivity contribution in [3.05, 3.63) is 36.3 Å². The maximum absolute atomic E-state index is 5.58. The van der Waals surface area contributed by atoms with Gasteiger partial charge in [-0.1, -0.05) is 0 Å². The summed E-state index contributed by atoms with van der Waals surface area (Å²) in [6.07, 6.45) is 6.66. The molecule has 146 valence electrons. The number of hydrogen-bond donors (Lipinski definition) is 3. The Hall–Kier alpha value is -3.00. The van der Waals surface area contributed by atoms with Gasteiger partial charge in [0.15, 0.2) is 0 Å². The fourth-order valence-electron chi connectivity index (χ4n) is 3.20. The van der Waals surface area contributed by atoms with Crippen LogP contribution in [0.1, 0.15) is 26.3 Å². The van der Waals surface area contributed by atoms with E-state index in [1.54, 1.807) is 6.20 Å². The predicted octanol–water partition coefficient (Wildman–Crippen LogP) is 2.50. The van der Waals surface area contributed by atoms with E-state index < -0.39 is 0 Å². The first-order valence-electron chi connectivity index (χ1n) is 9.56. The lowest BCUT2D eigenvalue weighted by atomic mass is 10.1. The van der Waals surface area contributed by atoms with E-state index in [0.29, 0.717) is 19.0 Å². The molecule has 4 N–H and O–H groups in total. The van der Waals surface area contributed by atoms with Gasteiger partial charge in [0.2, 0.25) is 5.95 Å². The highest BCUT2D eigenvalue weighted by Gasteiger charge is 2.22. The van der Waals surface area contributed by atoms with E-state index in [4.69, 9.17) is 10.8 Å². The van der Waals surface area contributed by atoms with Gasteiger partial charge >= 0.3 is 0 Å². The molecule has 4 heterocycles. The second kappa shape index (κ2) is 7.20. The minimum atomic E-state index is -0.146. The van der Waals surface area contributed by atoms with Gasteiger partial charge in [-0.2, -0.15) is 5.10 Å². The summed E-state index contributed by atoms with van der Waals surface area (Å²) in [5.74, 6) is 1.53. The molecule has 0 fully saturated rings. The number of nitrogens with zero attached hydrogens (tertiary/aromatic N) is 5. The lowest BCUT2D eigenvalue weighted by Crippen LogP contribution is -2.22. The third-order valence-electron chi connectivity index (χ3n) is 4.69. The molecule has 1 aliphatic rings. The monoisotopic (exact) mass is 378 g/mol. The van der Waals surface area contributed by atoms with E-state index in [-0.39, 0.29) is 5.54 Å². The molecule has 1 aliphatic heterocycles. The molecule has 28 heavy (non-hydrogen) atoms. The molecule has 0 radical (unpaired) electrons. The first-order valence-corrected chi connectivity index (χ1v) is 9.56. The Balaban J connectivity index is 1.81. The van der Waals surface area contributed by atoms with Crippen molar-refractivity contribution in [2.24, 2.45) is 5.73 Å². The van der Waals surface area contributed by atoms with Crippen LogP contribution in [-0.4, -0.2) is 44.4 Å². The maximum atomic E-state index is 5.58. The van der Waals surface area contributed by atoms with Gasteiger partial charge in [0, 0.05) is 49.4 Å². The molecule has 0 saturated heterocycles. The molecule has 3 aromatic rings. The van der Waals surface area contributed by atoms with Crippen molar-refractivity contribution in [1.29, 1.82) is 0 Å². The summed E-state index contributed by atoms with van der Waals surface area (Å²) in [5, 5.41) is 11.3. The van der Waals surface area contributed by atoms with Crippen molar-refractivity contribution in [2.45, 2.75) is 32.7 Å². The minimum Gasteiger partial charge on any atom is -0.370 e. The van der Waals surface area contributed by atoms with E-state index in [9.17, 15) is 0 Å². The minimum absolute atomic E-state index is 0.146. The molecule has 4 rings (SSSR count). The smallest absolute Gasteiger partial charge is 0.223 e. The molecule has 0 atom stereocenters. The first kappa shape index (κ1) is 18.4. The number of pyridine rings is 1. The average Bonchev–Trinajstić information content (AvgIpc) is 3.32. The maximum Gasteiger partial charge on any atom is 0.223 e. The van der Waals surface area contributed by atoms with Crippen molar-refractivity contribution in [3.8, 4) is 22.5 Å². The van der Waals surface area contributed by atoms with Crippen molar-refractivity contribution < 1.29 is 0 Å². The van der Waals surface area contributed by atoms with Crippen LogP contribution in [0.5, 0.6) is 0 Å². The zero-order chi connectivity index (χ0) is 19.7. The SMILES string of the molecule is CC(C)(C)n1cc(-c2ccnc(NCCN)n2)c(-c2cnc3c(c2)CCN3)n1. The van der Waals surface area contributed by atoms with Gasteiger partial charge in [0.25, 0.3) is 0 Å². The Kier molecular flexibility index (Phi) is 4.72. The third kappa shape index (κ3) is 3.55. The summed E-state index contributed by atoms with van der Waals surface area (Å²) in [6, 6.07) is 4.08. The highest BCUT2D eigenvalue weighted by molar-refractivity contribution is 5.79. The van der Waals surface area contributed by atoms with E-state index in [1.807, 2.05) is 16.9 Å². The highest BCUT2D eigenvalue weighted by Crippen LogP contribution is 2.34. The number of hydrogen-bond acceptors (Lipinski definition) is 7. The number of nitrogens with one attached hydrogen (secondary N) is 2. The summed E-state index contributed by atoms with van der Waals surface area (Å²) < 4.78 is 1.98. The summed E-state index contributed by atoms with van der Waals surface area (Å²) in [5.41, 5.74) is 10.3. The third-order valence-corrected chi connectivity index (χ3v) is 4.69. The normalized spacial score (nSPS) is 13.3. The quantitative estimate of drug-likeness (QED) is 0.626. The molecule has 0 bridgehead atoms. The summed E-state index contributed by atoms with van der Waals surface area (Å²) >= 11 is 0. The average molecular weight is 378 g/mol. The van der Waals surface area contributed by atoms with Crippen molar-refractivity contribution in [2.75, 3.05) is 30.3 Å². The van der Waals surface area contributed by atoms with Gasteiger partial charge in [-0.25, -0.2) is 15.0 Å². The lowest BCUT2D eigenvalue weighted by molar-refractivity contribution is 0.356. The Morgan fingerprint density at radius 1 is 1.29 bits per heavy atom. The molecule has 0 unspecified atom stereocenters. The van der Waals surface area contributed by atoms with Crippen LogP contribution >= 0.6 is 0 Å². The number of rotatable bonds is 5. The van der Waals surface area contributed by atoms with Gasteiger partial charge in [-0.15, -0.1) is 0 Å². The Morgan fingerprint density at radius 2 is 2.14 bits per heavy atom. The second-order valence-electron chi connectivity index (χ2n) is 7.90. The number of nitrogens with two attached hydrogens (primary N) is 1. The zero-order valence-electron chi connectivity index (χ0n) is 16.5. The number of fused-ring (bicyclic) bond motifs is 1. The van der Waals surface area contributed by atoms with Crippen molar-refractivity contribution >= 4 is 11.8 Å². The zero-order valence-corrected chi connectivity index (χ0v) is 16.5. The second-order valence-corrected chi connectivity index (χ2v) is 7.90. The Labute approximate surface area is 164 Å². The lowest BCUT2D eigenvalue weighted by Gasteiger charge is -2.18. The number of aromatic nitrogens is 5. The highest BCUT2D eigenvalue weighted by atomic mass is 15.3. The molecule has 0 saturated carbocycles. The molecule has 3 aromatic heterocycles. The van der Waals surface area contributed by atoms with Crippen LogP contribution in [0.2, 0.25) is 0 Å². The Morgan fingerprint density at radius 3 is 2.93 bits per heavy atom. The molecule has 8 nitrogen and oxygen atoms in total. The van der Waals surface area contributed by atoms with E-state index in [2.05, 4.69) is 58.6 Å². The van der Waals surface area contributed by atoms with Crippen molar-refractivity contribution in [1.82, 2.24) is 24.7 Å². The van der Waals surface area contributed by atoms with E-state index in [1.165, 1.54) is 5.56 Å². The van der Waals surface area contributed by atoms with E-state index >= 15 is 0 Å². The molecule has 0 spiro atoms. The molecular formula is C20H26N8. The number of anilines is 2. The molecule has 0 aromatic carbocycles. The van der Waals surface area contributed by atoms with Crippen LogP contribution in [0.4, 0.5) is 11.8 Å². The molecule has 0 aliphatic carbocycles. The van der Waals surface area contributed by atoms with Crippen LogP contribution in [0.3, 0.4) is 0 Å². The van der Waals surface area contributed by atoms with Crippen LogP contribution < -0.4 is 16.4 Å². The van der Waals surface area contributed by atoms with Gasteiger partial charge in [0.1, 0.15) is 11.5 Å². The van der Waals surface area contributed by atoms with Crippen LogP contribution in [-0.2, 0) is 12.0 Å². The van der Waals surface area contributed by atoms with Crippen molar-refractivity contribution in [3.63, 3.8) is 0 Å². The van der Waals surface area contributed by atoms with Crippen LogP contribution in [0, 0.1) is 0 Å². The summed E-state index contributed by atoms with van der Waals surface area (Å²) in [7, 11) is 0. The summed E-state index contributed by atoms with van der Waals surface area (Å²) in [6.45, 7) is 8.47. The van der Waals surface area contributed by atoms with Gasteiger partial charge in [-0.3, -0.25) is 4.68 Å². The first-order chi connectivity index (χ1) is 13.5. The van der Waals surface area contributed by atoms with E-state index in [0.717, 1.165) is 41.3 Å². The molecule has 8 heteroatoms. The van der Waals surface area contributed by atoms with Gasteiger partial charge < -0.3 is 16.4 Å². The Bertz CT molecular complexity index is 986. The fourth-order valence-corrected chi connectivity index (χ4v) is 3.20. The van der Waals surface area contributed by atoms with Gasteiger partial charge in [0.05, 0.1) is 11.2 Å². The van der Waals surface area contributed by atoms with Gasteiger partial charge in [-0.05, 0) is 44.9 Å². The summed E-state index contributed by atoms with van der Waals surface area (Å²) in [4.78, 5) is 13.5. The molecule has 0 amide bonds. The standard InChI is InChI=1S/C20H26N8/c1-20(2,3)28-12-15(16-5-8-23-19(26-16)24-9-6-21)17(27-28)14-10-13-4-7-22-18(13)25-11-14/h5,8,10-12H,4,6-7,9,21H2,1-3H3,(H,22,25)(H,23,24,26). The largest absolute Gasteiger partial charge is 0.370 e. The molecular weight excluding hydrogens is 352 g/mol. The predicted molar refractivity (Wildman–Crippen MR) is 111 cm³/mol. The van der Waals surface area contributed by atoms with Crippen LogP contribution in [0.25, 0.3) is 22.5 Å².